The number of carbonyl (C=O) groups excluding carboxylic acids is 2. The minimum Gasteiger partial charge on any atom is -0.302 e. The molecule has 0 saturated heterocycles. The van der Waals surface area contributed by atoms with Gasteiger partial charge in [-0.1, -0.05) is 29.8 Å². The molecule has 1 aromatic heterocycles. The van der Waals surface area contributed by atoms with E-state index in [1.165, 1.54) is 11.3 Å². The van der Waals surface area contributed by atoms with Crippen LogP contribution in [-0.4, -0.2) is 16.7 Å². The summed E-state index contributed by atoms with van der Waals surface area (Å²) in [7, 11) is 0. The van der Waals surface area contributed by atoms with Gasteiger partial charge in [-0.3, -0.25) is 9.59 Å². The lowest BCUT2D eigenvalue weighted by Crippen LogP contribution is -2.34. The Balaban J connectivity index is 1.70. The summed E-state index contributed by atoms with van der Waals surface area (Å²) < 4.78 is 0. The number of amides is 1. The molecule has 0 unspecified atom stereocenters. The Kier molecular flexibility index (Phi) is 4.27. The van der Waals surface area contributed by atoms with Crippen LogP contribution in [0.15, 0.2) is 24.3 Å². The molecule has 22 heavy (non-hydrogen) atoms. The number of benzene rings is 1. The van der Waals surface area contributed by atoms with Crippen LogP contribution in [0.3, 0.4) is 0 Å². The Bertz CT molecular complexity index is 733. The number of hydrogen-bond acceptors (Lipinski definition) is 4. The van der Waals surface area contributed by atoms with Crippen LogP contribution in [0.25, 0.3) is 0 Å². The van der Waals surface area contributed by atoms with E-state index >= 15 is 0 Å². The number of thiazole rings is 1. The zero-order valence-corrected chi connectivity index (χ0v) is 13.6. The van der Waals surface area contributed by atoms with Gasteiger partial charge in [0.25, 0.3) is 0 Å². The molecule has 1 heterocycles. The van der Waals surface area contributed by atoms with Gasteiger partial charge in [0, 0.05) is 29.2 Å². The second-order valence-electron chi connectivity index (χ2n) is 5.43. The van der Waals surface area contributed by atoms with Crippen molar-refractivity contribution in [1.82, 2.24) is 4.98 Å². The van der Waals surface area contributed by atoms with Gasteiger partial charge < -0.3 is 5.32 Å². The number of nitrogens with zero attached hydrogens (tertiary/aromatic N) is 1. The fraction of sp³-hybridized carbons (Fsp3) is 0.312. The van der Waals surface area contributed by atoms with Gasteiger partial charge in [-0.15, -0.1) is 11.3 Å². The molecule has 3 rings (SSSR count). The lowest BCUT2D eigenvalue weighted by atomic mass is 9.83. The molecule has 1 aliphatic rings. The SMILES string of the molecule is Cc1nc(NC(=O)C2CC(=O)C2)sc1Cc1ccccc1Cl. The number of aryl methyl sites for hydroxylation is 1. The van der Waals surface area contributed by atoms with E-state index in [1.807, 2.05) is 31.2 Å². The molecule has 2 aromatic rings. The number of carbonyl (C=O) groups is 2. The highest BCUT2D eigenvalue weighted by Crippen LogP contribution is 2.29. The Morgan fingerprint density at radius 2 is 2.14 bits per heavy atom. The van der Waals surface area contributed by atoms with Crippen LogP contribution in [0.2, 0.25) is 5.02 Å². The Morgan fingerprint density at radius 3 is 2.82 bits per heavy atom. The van der Waals surface area contributed by atoms with Crippen molar-refractivity contribution in [3.8, 4) is 0 Å². The minimum absolute atomic E-state index is 0.113. The standard InChI is InChI=1S/C16H15ClN2O2S/c1-9-14(8-10-4-2-3-5-13(10)17)22-16(18-9)19-15(21)11-6-12(20)7-11/h2-5,11H,6-8H2,1H3,(H,18,19,21). The first-order valence-corrected chi connectivity index (χ1v) is 8.24. The van der Waals surface area contributed by atoms with Crippen LogP contribution >= 0.6 is 22.9 Å². The fourth-order valence-electron chi connectivity index (χ4n) is 2.34. The van der Waals surface area contributed by atoms with Gasteiger partial charge in [0.15, 0.2) is 5.13 Å². The Labute approximate surface area is 137 Å². The summed E-state index contributed by atoms with van der Waals surface area (Å²) in [6.45, 7) is 1.92. The van der Waals surface area contributed by atoms with Crippen LogP contribution in [0.5, 0.6) is 0 Å². The maximum absolute atomic E-state index is 12.0. The van der Waals surface area contributed by atoms with Crippen molar-refractivity contribution in [2.24, 2.45) is 5.92 Å². The third-order valence-electron chi connectivity index (χ3n) is 3.75. The lowest BCUT2D eigenvalue weighted by Gasteiger charge is -2.21. The molecule has 6 heteroatoms. The van der Waals surface area contributed by atoms with E-state index in [0.29, 0.717) is 24.4 Å². The molecule has 0 spiro atoms. The second-order valence-corrected chi connectivity index (χ2v) is 6.92. The average Bonchev–Trinajstić information content (AvgIpc) is 2.77. The van der Waals surface area contributed by atoms with Gasteiger partial charge in [0.1, 0.15) is 5.78 Å². The topological polar surface area (TPSA) is 59.1 Å². The molecule has 0 atom stereocenters. The Morgan fingerprint density at radius 1 is 1.41 bits per heavy atom. The predicted octanol–water partition coefficient (Wildman–Crippen LogP) is 3.61. The molecule has 1 N–H and O–H groups in total. The van der Waals surface area contributed by atoms with E-state index in [4.69, 9.17) is 11.6 Å². The maximum Gasteiger partial charge on any atom is 0.230 e. The molecule has 1 fully saturated rings. The van der Waals surface area contributed by atoms with Crippen molar-refractivity contribution in [3.63, 3.8) is 0 Å². The number of aromatic nitrogens is 1. The lowest BCUT2D eigenvalue weighted by molar-refractivity contribution is -0.135. The first kappa shape index (κ1) is 15.2. The van der Waals surface area contributed by atoms with Crippen molar-refractivity contribution in [2.45, 2.75) is 26.2 Å². The number of anilines is 1. The summed E-state index contributed by atoms with van der Waals surface area (Å²) in [5, 5.41) is 4.13. The zero-order valence-electron chi connectivity index (χ0n) is 12.1. The summed E-state index contributed by atoms with van der Waals surface area (Å²) in [5.74, 6) is -0.156. The van der Waals surface area contributed by atoms with Crippen molar-refractivity contribution >= 4 is 39.8 Å². The number of rotatable bonds is 4. The number of hydrogen-bond donors (Lipinski definition) is 1. The van der Waals surface area contributed by atoms with E-state index in [0.717, 1.165) is 21.2 Å². The first-order valence-electron chi connectivity index (χ1n) is 7.05. The normalized spacial score (nSPS) is 14.7. The van der Waals surface area contributed by atoms with E-state index in [9.17, 15) is 9.59 Å². The highest BCUT2D eigenvalue weighted by atomic mass is 35.5. The summed E-state index contributed by atoms with van der Waals surface area (Å²) in [4.78, 5) is 28.4. The molecule has 1 saturated carbocycles. The van der Waals surface area contributed by atoms with E-state index < -0.39 is 0 Å². The highest BCUT2D eigenvalue weighted by molar-refractivity contribution is 7.15. The summed E-state index contributed by atoms with van der Waals surface area (Å²) in [6.07, 6.45) is 1.40. The number of Topliss-reactive ketones (excluding diaryl/α,β-unsaturated/α-hetero) is 1. The van der Waals surface area contributed by atoms with Crippen LogP contribution in [-0.2, 0) is 16.0 Å². The van der Waals surface area contributed by atoms with E-state index in [2.05, 4.69) is 10.3 Å². The van der Waals surface area contributed by atoms with Crippen molar-refractivity contribution in [2.75, 3.05) is 5.32 Å². The molecule has 0 radical (unpaired) electrons. The monoisotopic (exact) mass is 334 g/mol. The number of halogens is 1. The fourth-order valence-corrected chi connectivity index (χ4v) is 3.53. The molecule has 114 valence electrons. The third-order valence-corrected chi connectivity index (χ3v) is 5.19. The number of nitrogens with one attached hydrogen (secondary N) is 1. The average molecular weight is 335 g/mol. The van der Waals surface area contributed by atoms with Gasteiger partial charge in [-0.25, -0.2) is 4.98 Å². The second kappa shape index (κ2) is 6.18. The predicted molar refractivity (Wildman–Crippen MR) is 87.5 cm³/mol. The van der Waals surface area contributed by atoms with Crippen LogP contribution in [0.1, 0.15) is 29.0 Å². The largest absolute Gasteiger partial charge is 0.302 e. The summed E-state index contributed by atoms with van der Waals surface area (Å²) in [5.41, 5.74) is 1.93. The van der Waals surface area contributed by atoms with Gasteiger partial charge in [-0.2, -0.15) is 0 Å². The molecule has 1 aliphatic carbocycles. The molecule has 4 nitrogen and oxygen atoms in total. The molecular weight excluding hydrogens is 320 g/mol. The van der Waals surface area contributed by atoms with Gasteiger partial charge in [0.05, 0.1) is 11.6 Å². The van der Waals surface area contributed by atoms with Crippen LogP contribution in [0.4, 0.5) is 5.13 Å². The van der Waals surface area contributed by atoms with Crippen molar-refractivity contribution in [3.05, 3.63) is 45.4 Å². The summed E-state index contributed by atoms with van der Waals surface area (Å²) >= 11 is 7.64. The smallest absolute Gasteiger partial charge is 0.230 e. The van der Waals surface area contributed by atoms with Gasteiger partial charge >= 0.3 is 0 Å². The highest BCUT2D eigenvalue weighted by Gasteiger charge is 2.33. The van der Waals surface area contributed by atoms with Gasteiger partial charge in [0.2, 0.25) is 5.91 Å². The third kappa shape index (κ3) is 3.20. The quantitative estimate of drug-likeness (QED) is 0.929. The van der Waals surface area contributed by atoms with E-state index in [-0.39, 0.29) is 17.6 Å². The molecule has 1 aromatic carbocycles. The van der Waals surface area contributed by atoms with Crippen LogP contribution < -0.4 is 5.32 Å². The van der Waals surface area contributed by atoms with E-state index in [1.54, 1.807) is 0 Å². The zero-order chi connectivity index (χ0) is 15.7. The van der Waals surface area contributed by atoms with Crippen molar-refractivity contribution < 1.29 is 9.59 Å². The molecule has 1 amide bonds. The van der Waals surface area contributed by atoms with Gasteiger partial charge in [-0.05, 0) is 18.6 Å². The maximum atomic E-state index is 12.0. The molecule has 0 bridgehead atoms. The number of ketones is 1. The minimum atomic E-state index is -0.191. The molecular formula is C16H15ClN2O2S. The van der Waals surface area contributed by atoms with Crippen molar-refractivity contribution in [1.29, 1.82) is 0 Å². The first-order chi connectivity index (χ1) is 10.5. The Hall–Kier alpha value is -1.72. The summed E-state index contributed by atoms with van der Waals surface area (Å²) in [6, 6.07) is 7.70. The van der Waals surface area contributed by atoms with Crippen LogP contribution in [0, 0.1) is 12.8 Å². The molecule has 0 aliphatic heterocycles.